The highest BCUT2D eigenvalue weighted by molar-refractivity contribution is 6.20. The van der Waals surface area contributed by atoms with E-state index in [2.05, 4.69) is 80.1 Å². The molecule has 3 nitrogen and oxygen atoms in total. The van der Waals surface area contributed by atoms with E-state index in [4.69, 9.17) is 5.10 Å². The molecule has 0 saturated heterocycles. The summed E-state index contributed by atoms with van der Waals surface area (Å²) < 4.78 is 0. The molecule has 0 fully saturated rings. The molecular weight excluding hydrogens is 270 g/mol. The third-order valence-electron chi connectivity index (χ3n) is 4.66. The van der Waals surface area contributed by atoms with Crippen LogP contribution in [0.3, 0.4) is 0 Å². The van der Waals surface area contributed by atoms with Gasteiger partial charge in [-0.15, -0.1) is 0 Å². The van der Waals surface area contributed by atoms with Gasteiger partial charge >= 0.3 is 0 Å². The van der Waals surface area contributed by atoms with E-state index in [1.165, 1.54) is 27.9 Å². The van der Waals surface area contributed by atoms with Crippen molar-refractivity contribution in [2.45, 2.75) is 39.9 Å². The zero-order valence-electron chi connectivity index (χ0n) is 13.5. The van der Waals surface area contributed by atoms with Crippen molar-refractivity contribution in [2.75, 3.05) is 4.90 Å². The number of hydrogen-bond acceptors (Lipinski definition) is 3. The molecule has 0 bridgehead atoms. The molecule has 0 radical (unpaired) electrons. The number of rotatable bonds is 1. The maximum absolute atomic E-state index is 4.95. The highest BCUT2D eigenvalue weighted by Crippen LogP contribution is 2.44. The van der Waals surface area contributed by atoms with Gasteiger partial charge in [-0.2, -0.15) is 5.10 Å². The molecule has 2 aromatic carbocycles. The summed E-state index contributed by atoms with van der Waals surface area (Å²) in [4.78, 5) is 2.40. The molecule has 0 aliphatic carbocycles. The minimum Gasteiger partial charge on any atom is -0.301 e. The zero-order chi connectivity index (χ0) is 15.4. The molecule has 0 N–H and O–H groups in total. The lowest BCUT2D eigenvalue weighted by Gasteiger charge is -2.36. The molecule has 0 spiro atoms. The van der Waals surface area contributed by atoms with Crippen molar-refractivity contribution < 1.29 is 0 Å². The molecule has 0 amide bonds. The van der Waals surface area contributed by atoms with Crippen molar-refractivity contribution in [3.8, 4) is 11.1 Å². The van der Waals surface area contributed by atoms with Gasteiger partial charge < -0.3 is 4.90 Å². The van der Waals surface area contributed by atoms with Crippen LogP contribution in [0.2, 0.25) is 0 Å². The molecule has 112 valence electrons. The SMILES string of the molecule is Cc1cccc2c1N1C(=NN(C(C)C)C1C)c1ccccc1-2. The largest absolute Gasteiger partial charge is 0.301 e. The third kappa shape index (κ3) is 1.65. The monoisotopic (exact) mass is 291 g/mol. The highest BCUT2D eigenvalue weighted by Gasteiger charge is 2.39. The topological polar surface area (TPSA) is 18.8 Å². The molecule has 2 heterocycles. The van der Waals surface area contributed by atoms with Crippen LogP contribution >= 0.6 is 0 Å². The molecule has 3 heteroatoms. The van der Waals surface area contributed by atoms with Gasteiger partial charge in [0.2, 0.25) is 0 Å². The van der Waals surface area contributed by atoms with Crippen LogP contribution in [0.25, 0.3) is 11.1 Å². The van der Waals surface area contributed by atoms with Gasteiger partial charge in [-0.1, -0.05) is 42.5 Å². The maximum atomic E-state index is 4.95. The van der Waals surface area contributed by atoms with Crippen molar-refractivity contribution >= 4 is 11.5 Å². The fourth-order valence-corrected chi connectivity index (χ4v) is 3.67. The Labute approximate surface area is 131 Å². The van der Waals surface area contributed by atoms with E-state index in [1.54, 1.807) is 0 Å². The van der Waals surface area contributed by atoms with Crippen LogP contribution in [-0.2, 0) is 0 Å². The number of fused-ring (bicyclic) bond motifs is 6. The lowest BCUT2D eigenvalue weighted by atomic mass is 9.90. The van der Waals surface area contributed by atoms with E-state index < -0.39 is 0 Å². The first-order valence-corrected chi connectivity index (χ1v) is 7.95. The van der Waals surface area contributed by atoms with Crippen LogP contribution in [0.1, 0.15) is 31.9 Å². The van der Waals surface area contributed by atoms with Crippen molar-refractivity contribution in [1.29, 1.82) is 0 Å². The summed E-state index contributed by atoms with van der Waals surface area (Å²) in [6.07, 6.45) is 0.239. The van der Waals surface area contributed by atoms with Gasteiger partial charge in [0, 0.05) is 17.2 Å². The first-order chi connectivity index (χ1) is 10.6. The van der Waals surface area contributed by atoms with Crippen LogP contribution in [0.4, 0.5) is 5.69 Å². The summed E-state index contributed by atoms with van der Waals surface area (Å²) in [5, 5.41) is 7.15. The summed E-state index contributed by atoms with van der Waals surface area (Å²) >= 11 is 0. The van der Waals surface area contributed by atoms with Gasteiger partial charge in [-0.3, -0.25) is 5.01 Å². The molecule has 4 rings (SSSR count). The van der Waals surface area contributed by atoms with Crippen LogP contribution in [0.15, 0.2) is 47.6 Å². The number of anilines is 1. The van der Waals surface area contributed by atoms with Crippen molar-refractivity contribution in [3.63, 3.8) is 0 Å². The average Bonchev–Trinajstić information content (AvgIpc) is 2.86. The lowest BCUT2D eigenvalue weighted by Crippen LogP contribution is -2.44. The van der Waals surface area contributed by atoms with Crippen LogP contribution in [0.5, 0.6) is 0 Å². The Morgan fingerprint density at radius 1 is 0.955 bits per heavy atom. The Kier molecular flexibility index (Phi) is 2.80. The van der Waals surface area contributed by atoms with Gasteiger partial charge in [0.15, 0.2) is 5.84 Å². The number of nitrogens with zero attached hydrogens (tertiary/aromatic N) is 3. The highest BCUT2D eigenvalue weighted by atomic mass is 15.6. The summed E-state index contributed by atoms with van der Waals surface area (Å²) in [7, 11) is 0. The summed E-state index contributed by atoms with van der Waals surface area (Å²) in [6.45, 7) is 8.82. The summed E-state index contributed by atoms with van der Waals surface area (Å²) in [5.41, 5.74) is 6.43. The first kappa shape index (κ1) is 13.4. The molecule has 0 saturated carbocycles. The fraction of sp³-hybridized carbons (Fsp3) is 0.316. The average molecular weight is 291 g/mol. The summed E-state index contributed by atoms with van der Waals surface area (Å²) in [6, 6.07) is 15.5. The summed E-state index contributed by atoms with van der Waals surface area (Å²) in [5.74, 6) is 1.08. The normalized spacial score (nSPS) is 19.0. The number of benzene rings is 2. The third-order valence-corrected chi connectivity index (χ3v) is 4.66. The van der Waals surface area contributed by atoms with Crippen LogP contribution in [0, 0.1) is 6.92 Å². The maximum Gasteiger partial charge on any atom is 0.162 e. The van der Waals surface area contributed by atoms with Gasteiger partial charge in [-0.25, -0.2) is 0 Å². The second kappa shape index (κ2) is 4.60. The Morgan fingerprint density at radius 2 is 1.64 bits per heavy atom. The minimum absolute atomic E-state index is 0.239. The smallest absolute Gasteiger partial charge is 0.162 e. The Morgan fingerprint density at radius 3 is 2.36 bits per heavy atom. The Hall–Kier alpha value is -2.29. The molecule has 2 aromatic rings. The van der Waals surface area contributed by atoms with Gasteiger partial charge in [0.1, 0.15) is 6.17 Å². The van der Waals surface area contributed by atoms with Gasteiger partial charge in [0.05, 0.1) is 5.69 Å². The Bertz CT molecular complexity index is 776. The van der Waals surface area contributed by atoms with E-state index >= 15 is 0 Å². The number of hydrogen-bond donors (Lipinski definition) is 0. The van der Waals surface area contributed by atoms with Crippen LogP contribution in [-0.4, -0.2) is 23.1 Å². The second-order valence-electron chi connectivity index (χ2n) is 6.42. The number of aryl methyl sites for hydroxylation is 1. The molecule has 22 heavy (non-hydrogen) atoms. The van der Waals surface area contributed by atoms with Crippen LogP contribution < -0.4 is 4.90 Å². The van der Waals surface area contributed by atoms with E-state index in [0.29, 0.717) is 6.04 Å². The first-order valence-electron chi connectivity index (χ1n) is 7.95. The predicted octanol–water partition coefficient (Wildman–Crippen LogP) is 4.21. The van der Waals surface area contributed by atoms with Gasteiger partial charge in [-0.05, 0) is 38.8 Å². The van der Waals surface area contributed by atoms with E-state index in [0.717, 1.165) is 5.84 Å². The number of para-hydroxylation sites is 1. The van der Waals surface area contributed by atoms with E-state index in [1.807, 2.05) is 0 Å². The molecule has 1 unspecified atom stereocenters. The fourth-order valence-electron chi connectivity index (χ4n) is 3.67. The van der Waals surface area contributed by atoms with E-state index in [9.17, 15) is 0 Å². The van der Waals surface area contributed by atoms with Crippen molar-refractivity contribution in [1.82, 2.24) is 5.01 Å². The molecule has 2 aliphatic rings. The molecule has 2 aliphatic heterocycles. The lowest BCUT2D eigenvalue weighted by molar-refractivity contribution is 0.196. The molecule has 0 aromatic heterocycles. The molecular formula is C19H21N3. The van der Waals surface area contributed by atoms with E-state index in [-0.39, 0.29) is 6.17 Å². The van der Waals surface area contributed by atoms with Crippen molar-refractivity contribution in [3.05, 3.63) is 53.6 Å². The zero-order valence-corrected chi connectivity index (χ0v) is 13.5. The molecule has 1 atom stereocenters. The predicted molar refractivity (Wildman–Crippen MR) is 92.1 cm³/mol. The minimum atomic E-state index is 0.239. The standard InChI is InChI=1S/C19H21N3/c1-12(2)22-14(4)21-18-13(3)8-7-11-16(18)15-9-5-6-10-17(15)19(21)20-22/h5-12,14H,1-4H3. The Balaban J connectivity index is 2.03. The quantitative estimate of drug-likeness (QED) is 0.783. The number of amidine groups is 1. The van der Waals surface area contributed by atoms with Gasteiger partial charge in [0.25, 0.3) is 0 Å². The van der Waals surface area contributed by atoms with Crippen molar-refractivity contribution in [2.24, 2.45) is 5.10 Å². The second-order valence-corrected chi connectivity index (χ2v) is 6.42. The number of hydrazone groups is 1.